The van der Waals surface area contributed by atoms with E-state index in [-0.39, 0.29) is 40.4 Å². The van der Waals surface area contributed by atoms with Crippen molar-refractivity contribution in [3.05, 3.63) is 0 Å². The summed E-state index contributed by atoms with van der Waals surface area (Å²) in [6.45, 7) is 20.0. The summed E-state index contributed by atoms with van der Waals surface area (Å²) in [7, 11) is 0. The van der Waals surface area contributed by atoms with Gasteiger partial charge in [-0.25, -0.2) is 0 Å². The minimum absolute atomic E-state index is 0.0448. The maximum atomic E-state index is 13.5. The van der Waals surface area contributed by atoms with Gasteiger partial charge in [0, 0.05) is 28.6 Å². The molecule has 2 unspecified atom stereocenters. The highest BCUT2D eigenvalue weighted by molar-refractivity contribution is 5.75. The van der Waals surface area contributed by atoms with E-state index in [1.807, 2.05) is 0 Å². The molecule has 6 nitrogen and oxygen atoms in total. The van der Waals surface area contributed by atoms with E-state index in [9.17, 15) is 14.7 Å². The zero-order valence-electron chi connectivity index (χ0n) is 24.7. The summed E-state index contributed by atoms with van der Waals surface area (Å²) in [6, 6.07) is 0. The van der Waals surface area contributed by atoms with Crippen LogP contribution in [0.4, 0.5) is 0 Å². The second-order valence-electron chi connectivity index (χ2n) is 14.7. The molecule has 4 N–H and O–H groups in total. The third kappa shape index (κ3) is 7.93. The van der Waals surface area contributed by atoms with Crippen LogP contribution in [-0.2, 0) is 9.59 Å². The molecule has 0 amide bonds. The minimum Gasteiger partial charge on any atom is -0.481 e. The van der Waals surface area contributed by atoms with Crippen molar-refractivity contribution < 1.29 is 19.8 Å². The Morgan fingerprint density at radius 3 is 1.64 bits per heavy atom. The number of hydrogen-bond acceptors (Lipinski definition) is 4. The highest BCUT2D eigenvalue weighted by atomic mass is 16.4. The fraction of sp³-hybridized carbons (Fsp3) is 0.933. The Kier molecular flexibility index (Phi) is 9.76. The number of unbranched alkanes of at least 4 members (excludes halogenated alkanes) is 3. The molecule has 0 aliphatic carbocycles. The number of carboxylic acid groups (broad SMARTS) is 2. The van der Waals surface area contributed by atoms with Gasteiger partial charge < -0.3 is 20.8 Å². The van der Waals surface area contributed by atoms with Crippen LogP contribution in [0, 0.1) is 23.2 Å². The van der Waals surface area contributed by atoms with Gasteiger partial charge in [0.25, 0.3) is 0 Å². The molecule has 2 rings (SSSR count). The number of carbonyl (C=O) groups is 2. The van der Waals surface area contributed by atoms with E-state index in [4.69, 9.17) is 5.11 Å². The number of rotatable bonds is 12. The van der Waals surface area contributed by atoms with Crippen LogP contribution in [0.15, 0.2) is 0 Å². The summed E-state index contributed by atoms with van der Waals surface area (Å²) in [5.41, 5.74) is -1.09. The van der Waals surface area contributed by atoms with Crippen molar-refractivity contribution >= 4 is 11.9 Å². The fourth-order valence-electron chi connectivity index (χ4n) is 8.62. The monoisotopic (exact) mass is 508 g/mol. The van der Waals surface area contributed by atoms with E-state index >= 15 is 0 Å². The normalized spacial score (nSPS) is 26.1. The van der Waals surface area contributed by atoms with Gasteiger partial charge in [0.05, 0.1) is 5.41 Å². The maximum Gasteiger partial charge on any atom is 0.310 e. The van der Waals surface area contributed by atoms with Crippen molar-refractivity contribution in [2.45, 2.75) is 155 Å². The molecule has 2 atom stereocenters. The van der Waals surface area contributed by atoms with Crippen molar-refractivity contribution in [1.29, 1.82) is 0 Å². The summed E-state index contributed by atoms with van der Waals surface area (Å²) in [5, 5.41) is 27.6. The molecule has 0 spiro atoms. The molecule has 0 aromatic rings. The summed E-state index contributed by atoms with van der Waals surface area (Å²) >= 11 is 0. The van der Waals surface area contributed by atoms with Gasteiger partial charge in [-0.05, 0) is 118 Å². The van der Waals surface area contributed by atoms with Crippen LogP contribution in [0.5, 0.6) is 0 Å². The molecule has 0 aromatic carbocycles. The lowest BCUT2D eigenvalue weighted by atomic mass is 9.52. The zero-order chi connectivity index (χ0) is 27.6. The van der Waals surface area contributed by atoms with E-state index in [1.54, 1.807) is 0 Å². The highest BCUT2D eigenvalue weighted by Crippen LogP contribution is 2.55. The van der Waals surface area contributed by atoms with Crippen molar-refractivity contribution in [2.75, 3.05) is 0 Å². The van der Waals surface area contributed by atoms with Crippen molar-refractivity contribution in [3.63, 3.8) is 0 Å². The highest BCUT2D eigenvalue weighted by Gasteiger charge is 2.57. The molecule has 0 bridgehead atoms. The van der Waals surface area contributed by atoms with E-state index in [2.05, 4.69) is 72.9 Å². The number of hydrogen-bond donors (Lipinski definition) is 4. The smallest absolute Gasteiger partial charge is 0.310 e. The molecule has 2 aliphatic heterocycles. The standard InChI is InChI=1S/C30H56N2O4/c1-10-30(25(35)36,22-19-28(6,7)32-29(8,9)20-22)23(15-13-11-12-14-16-24(33)34)21-17-26(2,3)31-27(4,5)18-21/h21-23,31-32H,10-20H2,1-9H3,(H,33,34)(H,35,36). The Morgan fingerprint density at radius 2 is 1.22 bits per heavy atom. The summed E-state index contributed by atoms with van der Waals surface area (Å²) in [6.07, 6.45) is 8.96. The van der Waals surface area contributed by atoms with Gasteiger partial charge >= 0.3 is 11.9 Å². The summed E-state index contributed by atoms with van der Waals surface area (Å²) in [5.74, 6) is -0.834. The molecular weight excluding hydrogens is 452 g/mol. The lowest BCUT2D eigenvalue weighted by molar-refractivity contribution is -0.166. The molecule has 2 aliphatic rings. The molecule has 0 aromatic heterocycles. The van der Waals surface area contributed by atoms with Gasteiger partial charge in [-0.15, -0.1) is 0 Å². The minimum atomic E-state index is -0.772. The van der Waals surface area contributed by atoms with Crippen LogP contribution in [0.2, 0.25) is 0 Å². The van der Waals surface area contributed by atoms with Gasteiger partial charge in [-0.1, -0.05) is 26.2 Å². The number of carboxylic acids is 2. The quantitative estimate of drug-likeness (QED) is 0.221. The molecule has 2 saturated heterocycles. The first-order chi connectivity index (χ1) is 16.3. The topological polar surface area (TPSA) is 98.7 Å². The van der Waals surface area contributed by atoms with E-state index in [0.717, 1.165) is 51.4 Å². The van der Waals surface area contributed by atoms with Crippen LogP contribution in [0.1, 0.15) is 133 Å². The Bertz CT molecular complexity index is 741. The molecule has 0 saturated carbocycles. The zero-order valence-corrected chi connectivity index (χ0v) is 24.7. The molecule has 0 radical (unpaired) electrons. The first-order valence-corrected chi connectivity index (χ1v) is 14.4. The lowest BCUT2D eigenvalue weighted by Crippen LogP contribution is -2.64. The van der Waals surface area contributed by atoms with Crippen molar-refractivity contribution in [1.82, 2.24) is 10.6 Å². The van der Waals surface area contributed by atoms with Crippen molar-refractivity contribution in [3.8, 4) is 0 Å². The predicted octanol–water partition coefficient (Wildman–Crippen LogP) is 6.62. The van der Waals surface area contributed by atoms with Crippen LogP contribution in [0.3, 0.4) is 0 Å². The van der Waals surface area contributed by atoms with Crippen molar-refractivity contribution in [2.24, 2.45) is 23.2 Å². The Labute approximate surface area is 220 Å². The largest absolute Gasteiger partial charge is 0.481 e. The van der Waals surface area contributed by atoms with Gasteiger partial charge in [0.15, 0.2) is 0 Å². The lowest BCUT2D eigenvalue weighted by Gasteiger charge is -2.57. The fourth-order valence-corrected chi connectivity index (χ4v) is 8.62. The second-order valence-corrected chi connectivity index (χ2v) is 14.7. The van der Waals surface area contributed by atoms with Crippen LogP contribution in [0.25, 0.3) is 0 Å². The Morgan fingerprint density at radius 1 is 0.778 bits per heavy atom. The Hall–Kier alpha value is -1.14. The van der Waals surface area contributed by atoms with Crippen LogP contribution in [-0.4, -0.2) is 44.3 Å². The van der Waals surface area contributed by atoms with E-state index < -0.39 is 17.4 Å². The first kappa shape index (κ1) is 31.1. The van der Waals surface area contributed by atoms with E-state index in [0.29, 0.717) is 18.8 Å². The predicted molar refractivity (Wildman–Crippen MR) is 147 cm³/mol. The van der Waals surface area contributed by atoms with Gasteiger partial charge in [0.1, 0.15) is 0 Å². The number of nitrogens with one attached hydrogen (secondary N) is 2. The van der Waals surface area contributed by atoms with Gasteiger partial charge in [-0.3, -0.25) is 9.59 Å². The molecule has 6 heteroatoms. The molecule has 2 fully saturated rings. The van der Waals surface area contributed by atoms with Crippen LogP contribution < -0.4 is 10.6 Å². The van der Waals surface area contributed by atoms with Gasteiger partial charge in [0.2, 0.25) is 0 Å². The average molecular weight is 509 g/mol. The summed E-state index contributed by atoms with van der Waals surface area (Å²) < 4.78 is 0. The second kappa shape index (κ2) is 11.3. The molecule has 2 heterocycles. The third-order valence-corrected chi connectivity index (χ3v) is 9.01. The first-order valence-electron chi connectivity index (χ1n) is 14.4. The number of aliphatic carboxylic acids is 2. The van der Waals surface area contributed by atoms with Crippen LogP contribution >= 0.6 is 0 Å². The SMILES string of the molecule is CCC(C(=O)O)(C1CC(C)(C)NC(C)(C)C1)C(CCCCCCC(=O)O)C1CC(C)(C)NC(C)(C)C1. The molecule has 36 heavy (non-hydrogen) atoms. The molecular formula is C30H56N2O4. The van der Waals surface area contributed by atoms with E-state index in [1.165, 1.54) is 0 Å². The third-order valence-electron chi connectivity index (χ3n) is 9.01. The average Bonchev–Trinajstić information content (AvgIpc) is 2.64. The summed E-state index contributed by atoms with van der Waals surface area (Å²) in [4.78, 5) is 24.4. The Balaban J connectivity index is 2.46. The van der Waals surface area contributed by atoms with Gasteiger partial charge in [-0.2, -0.15) is 0 Å². The maximum absolute atomic E-state index is 13.5. The molecule has 210 valence electrons. The number of piperidine rings is 2.